The lowest BCUT2D eigenvalue weighted by atomic mass is 10.1. The summed E-state index contributed by atoms with van der Waals surface area (Å²) in [5.74, 6) is 0. The highest BCUT2D eigenvalue weighted by Crippen LogP contribution is 2.22. The number of aromatic nitrogens is 1. The van der Waals surface area contributed by atoms with E-state index in [0.717, 1.165) is 49.8 Å². The lowest BCUT2D eigenvalue weighted by Crippen LogP contribution is -2.45. The first kappa shape index (κ1) is 13.9. The maximum atomic E-state index is 9.88. The van der Waals surface area contributed by atoms with E-state index in [-0.39, 0.29) is 0 Å². The third kappa shape index (κ3) is 3.75. The smallest absolute Gasteiger partial charge is 0.102 e. The average molecular weight is 269 g/mol. The number of rotatable bonds is 4. The Bertz CT molecular complexity index is 378. The number of piperazine rings is 1. The van der Waals surface area contributed by atoms with Crippen LogP contribution in [0.3, 0.4) is 0 Å². The van der Waals surface area contributed by atoms with Crippen molar-refractivity contribution in [2.75, 3.05) is 39.8 Å². The Morgan fingerprint density at radius 2 is 2.00 bits per heavy atom. The van der Waals surface area contributed by atoms with E-state index in [4.69, 9.17) is 0 Å². The quantitative estimate of drug-likeness (QED) is 0.890. The molecule has 0 spiro atoms. The van der Waals surface area contributed by atoms with E-state index in [2.05, 4.69) is 21.8 Å². The summed E-state index contributed by atoms with van der Waals surface area (Å²) in [7, 11) is 2.17. The molecule has 1 aromatic heterocycles. The molecule has 0 amide bonds. The van der Waals surface area contributed by atoms with E-state index < -0.39 is 5.60 Å². The predicted octanol–water partition coefficient (Wildman–Crippen LogP) is 1.16. The Hall–Kier alpha value is -0.490. The van der Waals surface area contributed by atoms with Crippen molar-refractivity contribution < 1.29 is 5.11 Å². The molecular formula is C13H23N3OS. The van der Waals surface area contributed by atoms with Crippen LogP contribution in [-0.2, 0) is 12.0 Å². The highest BCUT2D eigenvalue weighted by Gasteiger charge is 2.20. The molecule has 0 atom stereocenters. The van der Waals surface area contributed by atoms with Gasteiger partial charge in [0.25, 0.3) is 0 Å². The molecule has 102 valence electrons. The second kappa shape index (κ2) is 5.65. The summed E-state index contributed by atoms with van der Waals surface area (Å²) in [4.78, 5) is 9.37. The summed E-state index contributed by atoms with van der Waals surface area (Å²) in [6.45, 7) is 9.27. The second-order valence-electron chi connectivity index (χ2n) is 5.58. The number of aliphatic hydroxyl groups is 1. The molecule has 0 bridgehead atoms. The summed E-state index contributed by atoms with van der Waals surface area (Å²) in [6, 6.07) is 0. The van der Waals surface area contributed by atoms with Gasteiger partial charge in [0.1, 0.15) is 5.60 Å². The monoisotopic (exact) mass is 269 g/mol. The van der Waals surface area contributed by atoms with Crippen molar-refractivity contribution in [2.24, 2.45) is 0 Å². The Balaban J connectivity index is 1.82. The minimum atomic E-state index is -0.817. The van der Waals surface area contributed by atoms with Gasteiger partial charge in [0, 0.05) is 44.5 Å². The number of hydrogen-bond acceptors (Lipinski definition) is 5. The molecule has 4 nitrogen and oxygen atoms in total. The topological polar surface area (TPSA) is 39.6 Å². The van der Waals surface area contributed by atoms with E-state index in [1.165, 1.54) is 0 Å². The molecule has 0 unspecified atom stereocenters. The zero-order chi connectivity index (χ0) is 13.2. The molecule has 18 heavy (non-hydrogen) atoms. The van der Waals surface area contributed by atoms with Crippen molar-refractivity contribution >= 4 is 11.3 Å². The summed E-state index contributed by atoms with van der Waals surface area (Å²) < 4.78 is 0. The highest BCUT2D eigenvalue weighted by atomic mass is 32.1. The minimum absolute atomic E-state index is 0.792. The normalized spacial score (nSPS) is 19.3. The van der Waals surface area contributed by atoms with Crippen LogP contribution in [0.15, 0.2) is 5.38 Å². The van der Waals surface area contributed by atoms with Gasteiger partial charge in [-0.2, -0.15) is 0 Å². The molecule has 2 rings (SSSR count). The zero-order valence-electron chi connectivity index (χ0n) is 11.5. The van der Waals surface area contributed by atoms with Gasteiger partial charge in [-0.25, -0.2) is 4.98 Å². The Morgan fingerprint density at radius 3 is 2.56 bits per heavy atom. The maximum absolute atomic E-state index is 9.88. The summed E-state index contributed by atoms with van der Waals surface area (Å²) in [5.41, 5.74) is -0.0244. The largest absolute Gasteiger partial charge is 0.384 e. The van der Waals surface area contributed by atoms with Crippen molar-refractivity contribution in [1.82, 2.24) is 14.8 Å². The third-order valence-corrected chi connectivity index (χ3v) is 4.32. The molecule has 1 aliphatic rings. The standard InChI is InChI=1S/C13H23N3OS/c1-13(2,17)11-10-18-12(14-11)4-5-16-8-6-15(3)7-9-16/h10,17H,4-9H2,1-3H3. The van der Waals surface area contributed by atoms with Gasteiger partial charge in [0.2, 0.25) is 0 Å². The fourth-order valence-electron chi connectivity index (χ4n) is 2.03. The minimum Gasteiger partial charge on any atom is -0.384 e. The molecular weight excluding hydrogens is 246 g/mol. The van der Waals surface area contributed by atoms with Gasteiger partial charge in [0.05, 0.1) is 10.7 Å². The number of likely N-dealkylation sites (N-methyl/N-ethyl adjacent to an activating group) is 1. The lowest BCUT2D eigenvalue weighted by Gasteiger charge is -2.32. The van der Waals surface area contributed by atoms with Crippen LogP contribution in [0.25, 0.3) is 0 Å². The van der Waals surface area contributed by atoms with Gasteiger partial charge in [-0.05, 0) is 20.9 Å². The van der Waals surface area contributed by atoms with Crippen LogP contribution in [0.4, 0.5) is 0 Å². The summed E-state index contributed by atoms with van der Waals surface area (Å²) in [6.07, 6.45) is 0.991. The fraction of sp³-hybridized carbons (Fsp3) is 0.769. The molecule has 0 radical (unpaired) electrons. The lowest BCUT2D eigenvalue weighted by molar-refractivity contribution is 0.0743. The van der Waals surface area contributed by atoms with Gasteiger partial charge < -0.3 is 14.9 Å². The average Bonchev–Trinajstić information content (AvgIpc) is 2.77. The van der Waals surface area contributed by atoms with Crippen LogP contribution in [0.5, 0.6) is 0 Å². The van der Waals surface area contributed by atoms with Crippen molar-refractivity contribution in [3.8, 4) is 0 Å². The van der Waals surface area contributed by atoms with Gasteiger partial charge >= 0.3 is 0 Å². The van der Waals surface area contributed by atoms with Crippen LogP contribution in [0.1, 0.15) is 24.5 Å². The number of thiazole rings is 1. The molecule has 1 saturated heterocycles. The van der Waals surface area contributed by atoms with E-state index in [1.54, 1.807) is 25.2 Å². The summed E-state index contributed by atoms with van der Waals surface area (Å²) in [5, 5.41) is 13.0. The third-order valence-electron chi connectivity index (χ3n) is 3.42. The predicted molar refractivity (Wildman–Crippen MR) is 75.0 cm³/mol. The fourth-order valence-corrected chi connectivity index (χ4v) is 2.98. The number of nitrogens with zero attached hydrogens (tertiary/aromatic N) is 3. The van der Waals surface area contributed by atoms with Crippen LogP contribution >= 0.6 is 11.3 Å². The van der Waals surface area contributed by atoms with Gasteiger partial charge in [0.15, 0.2) is 0 Å². The van der Waals surface area contributed by atoms with Crippen molar-refractivity contribution in [2.45, 2.75) is 25.9 Å². The van der Waals surface area contributed by atoms with Gasteiger partial charge in [-0.15, -0.1) is 11.3 Å². The summed E-state index contributed by atoms with van der Waals surface area (Å²) >= 11 is 1.66. The SMILES string of the molecule is CN1CCN(CCc2nc(C(C)(C)O)cs2)CC1. The van der Waals surface area contributed by atoms with Gasteiger partial charge in [-0.1, -0.05) is 0 Å². The van der Waals surface area contributed by atoms with E-state index in [0.29, 0.717) is 0 Å². The van der Waals surface area contributed by atoms with Crippen LogP contribution in [-0.4, -0.2) is 59.7 Å². The van der Waals surface area contributed by atoms with E-state index in [9.17, 15) is 5.11 Å². The molecule has 0 aliphatic carbocycles. The van der Waals surface area contributed by atoms with Crippen molar-refractivity contribution in [3.05, 3.63) is 16.1 Å². The molecule has 1 fully saturated rings. The first-order chi connectivity index (χ1) is 8.45. The van der Waals surface area contributed by atoms with E-state index in [1.807, 2.05) is 5.38 Å². The molecule has 2 heterocycles. The van der Waals surface area contributed by atoms with Crippen LogP contribution in [0, 0.1) is 0 Å². The van der Waals surface area contributed by atoms with Crippen molar-refractivity contribution in [3.63, 3.8) is 0 Å². The van der Waals surface area contributed by atoms with Crippen LogP contribution in [0.2, 0.25) is 0 Å². The molecule has 1 aromatic rings. The first-order valence-electron chi connectivity index (χ1n) is 6.53. The molecule has 1 aliphatic heterocycles. The molecule has 1 N–H and O–H groups in total. The van der Waals surface area contributed by atoms with Gasteiger partial charge in [-0.3, -0.25) is 0 Å². The molecule has 5 heteroatoms. The van der Waals surface area contributed by atoms with E-state index >= 15 is 0 Å². The second-order valence-corrected chi connectivity index (χ2v) is 6.52. The first-order valence-corrected chi connectivity index (χ1v) is 7.41. The Morgan fingerprint density at radius 1 is 1.33 bits per heavy atom. The van der Waals surface area contributed by atoms with Crippen LogP contribution < -0.4 is 0 Å². The Labute approximate surface area is 113 Å². The maximum Gasteiger partial charge on any atom is 0.102 e. The molecule has 0 aromatic carbocycles. The van der Waals surface area contributed by atoms with Crippen molar-refractivity contribution in [1.29, 1.82) is 0 Å². The highest BCUT2D eigenvalue weighted by molar-refractivity contribution is 7.09. The zero-order valence-corrected chi connectivity index (χ0v) is 12.3. The number of hydrogen-bond donors (Lipinski definition) is 1. The Kier molecular flexibility index (Phi) is 4.37. The molecule has 0 saturated carbocycles.